The molecular formula is C20H14BrClN2O2S. The summed E-state index contributed by atoms with van der Waals surface area (Å²) in [6, 6.07) is 21.2. The molecule has 0 fully saturated rings. The maximum atomic E-state index is 12.4. The van der Waals surface area contributed by atoms with Gasteiger partial charge in [-0.05, 0) is 78.9 Å². The molecular weight excluding hydrogens is 448 g/mol. The summed E-state index contributed by atoms with van der Waals surface area (Å²) in [5, 5.41) is 6.59. The molecule has 0 radical (unpaired) electrons. The minimum atomic E-state index is -0.255. The predicted molar refractivity (Wildman–Crippen MR) is 117 cm³/mol. The molecule has 136 valence electrons. The Labute approximate surface area is 175 Å². The quantitative estimate of drug-likeness (QED) is 0.459. The third-order valence-corrected chi connectivity index (χ3v) is 4.47. The van der Waals surface area contributed by atoms with Gasteiger partial charge in [-0.3, -0.25) is 4.79 Å². The zero-order valence-electron chi connectivity index (χ0n) is 13.9. The maximum absolute atomic E-state index is 12.4. The lowest BCUT2D eigenvalue weighted by molar-refractivity contribution is 0.102. The van der Waals surface area contributed by atoms with Crippen molar-refractivity contribution in [3.63, 3.8) is 0 Å². The summed E-state index contributed by atoms with van der Waals surface area (Å²) in [5.41, 5.74) is 1.91. The number of hydrogen-bond donors (Lipinski definition) is 2. The standard InChI is InChI=1S/C20H14BrClN2O2S/c21-14-4-8-17(9-5-14)24-20(27)26-18-3-1-2-13(12-18)19(25)23-16-10-6-15(22)7-11-16/h1-12H,(H,23,25)(H,24,27). The first-order chi connectivity index (χ1) is 13.0. The van der Waals surface area contributed by atoms with Crippen LogP contribution in [0.4, 0.5) is 11.4 Å². The molecule has 0 saturated carbocycles. The van der Waals surface area contributed by atoms with Crippen molar-refractivity contribution in [2.24, 2.45) is 0 Å². The van der Waals surface area contributed by atoms with Crippen molar-refractivity contribution in [2.45, 2.75) is 0 Å². The van der Waals surface area contributed by atoms with Crippen molar-refractivity contribution in [2.75, 3.05) is 10.6 Å². The molecule has 2 N–H and O–H groups in total. The zero-order valence-corrected chi connectivity index (χ0v) is 17.1. The molecule has 0 aliphatic rings. The van der Waals surface area contributed by atoms with Crippen LogP contribution in [0.2, 0.25) is 5.02 Å². The minimum Gasteiger partial charge on any atom is -0.432 e. The third kappa shape index (κ3) is 5.79. The second-order valence-electron chi connectivity index (χ2n) is 5.51. The molecule has 3 rings (SSSR count). The lowest BCUT2D eigenvalue weighted by Gasteiger charge is -2.11. The number of benzene rings is 3. The number of amides is 1. The Bertz CT molecular complexity index is 962. The molecule has 0 aromatic heterocycles. The fourth-order valence-electron chi connectivity index (χ4n) is 2.22. The molecule has 27 heavy (non-hydrogen) atoms. The first-order valence-corrected chi connectivity index (χ1v) is 9.49. The van der Waals surface area contributed by atoms with E-state index >= 15 is 0 Å². The smallest absolute Gasteiger partial charge is 0.266 e. The van der Waals surface area contributed by atoms with Crippen LogP contribution in [0.15, 0.2) is 77.3 Å². The first-order valence-electron chi connectivity index (χ1n) is 7.91. The van der Waals surface area contributed by atoms with Gasteiger partial charge in [0.05, 0.1) is 0 Å². The monoisotopic (exact) mass is 460 g/mol. The zero-order chi connectivity index (χ0) is 19.2. The molecule has 0 bridgehead atoms. The number of thiocarbonyl (C=S) groups is 1. The van der Waals surface area contributed by atoms with Crippen molar-refractivity contribution in [1.29, 1.82) is 0 Å². The summed E-state index contributed by atoms with van der Waals surface area (Å²) < 4.78 is 6.59. The predicted octanol–water partition coefficient (Wildman–Crippen LogP) is 6.13. The Morgan fingerprint density at radius 3 is 2.26 bits per heavy atom. The van der Waals surface area contributed by atoms with E-state index in [0.717, 1.165) is 10.2 Å². The molecule has 0 heterocycles. The van der Waals surface area contributed by atoms with E-state index in [1.165, 1.54) is 0 Å². The Morgan fingerprint density at radius 1 is 0.926 bits per heavy atom. The van der Waals surface area contributed by atoms with Crippen LogP contribution >= 0.6 is 39.7 Å². The number of carbonyl (C=O) groups excluding carboxylic acids is 1. The summed E-state index contributed by atoms with van der Waals surface area (Å²) in [4.78, 5) is 12.4. The van der Waals surface area contributed by atoms with Crippen molar-refractivity contribution in [3.05, 3.63) is 87.9 Å². The van der Waals surface area contributed by atoms with E-state index in [-0.39, 0.29) is 11.1 Å². The van der Waals surface area contributed by atoms with Crippen LogP contribution in [-0.2, 0) is 0 Å². The Morgan fingerprint density at radius 2 is 1.56 bits per heavy atom. The van der Waals surface area contributed by atoms with E-state index in [1.54, 1.807) is 48.5 Å². The van der Waals surface area contributed by atoms with Gasteiger partial charge in [0.25, 0.3) is 11.1 Å². The molecule has 0 unspecified atom stereocenters. The van der Waals surface area contributed by atoms with E-state index in [4.69, 9.17) is 28.6 Å². The lowest BCUT2D eigenvalue weighted by atomic mass is 10.2. The van der Waals surface area contributed by atoms with Gasteiger partial charge >= 0.3 is 0 Å². The van der Waals surface area contributed by atoms with Crippen molar-refractivity contribution < 1.29 is 9.53 Å². The number of hydrogen-bond acceptors (Lipinski definition) is 3. The molecule has 3 aromatic rings. The van der Waals surface area contributed by atoms with E-state index in [1.807, 2.05) is 24.3 Å². The van der Waals surface area contributed by atoms with E-state index in [9.17, 15) is 4.79 Å². The van der Waals surface area contributed by atoms with Crippen LogP contribution in [0.25, 0.3) is 0 Å². The van der Waals surface area contributed by atoms with E-state index in [0.29, 0.717) is 22.0 Å². The van der Waals surface area contributed by atoms with Gasteiger partial charge in [-0.1, -0.05) is 33.6 Å². The number of anilines is 2. The van der Waals surface area contributed by atoms with Crippen LogP contribution in [0, 0.1) is 0 Å². The third-order valence-electron chi connectivity index (χ3n) is 3.50. The SMILES string of the molecule is O=C(Nc1ccc(Cl)cc1)c1cccc(OC(=S)Nc2ccc(Br)cc2)c1. The Balaban J connectivity index is 1.63. The van der Waals surface area contributed by atoms with Gasteiger partial charge in [0.2, 0.25) is 0 Å². The summed E-state index contributed by atoms with van der Waals surface area (Å²) in [5.74, 6) is 0.211. The van der Waals surface area contributed by atoms with Crippen LogP contribution in [0.5, 0.6) is 5.75 Å². The molecule has 7 heteroatoms. The van der Waals surface area contributed by atoms with Gasteiger partial charge in [-0.2, -0.15) is 0 Å². The lowest BCUT2D eigenvalue weighted by Crippen LogP contribution is -2.17. The largest absolute Gasteiger partial charge is 0.432 e. The summed E-state index contributed by atoms with van der Waals surface area (Å²) in [7, 11) is 0. The van der Waals surface area contributed by atoms with Gasteiger partial charge < -0.3 is 15.4 Å². The molecule has 1 amide bonds. The molecule has 0 aliphatic heterocycles. The Kier molecular flexibility index (Phi) is 6.45. The second-order valence-corrected chi connectivity index (χ2v) is 7.23. The number of carbonyl (C=O) groups is 1. The number of halogens is 2. The Hall–Kier alpha value is -2.41. The van der Waals surface area contributed by atoms with E-state index in [2.05, 4.69) is 26.6 Å². The number of ether oxygens (including phenoxy) is 1. The summed E-state index contributed by atoms with van der Waals surface area (Å²) in [6.45, 7) is 0. The van der Waals surface area contributed by atoms with Crippen LogP contribution in [0.1, 0.15) is 10.4 Å². The fraction of sp³-hybridized carbons (Fsp3) is 0. The van der Waals surface area contributed by atoms with Crippen molar-refractivity contribution in [3.8, 4) is 5.75 Å². The average Bonchev–Trinajstić information content (AvgIpc) is 2.65. The van der Waals surface area contributed by atoms with Gasteiger partial charge in [0.1, 0.15) is 5.75 Å². The molecule has 0 saturated heterocycles. The van der Waals surface area contributed by atoms with Gasteiger partial charge in [-0.25, -0.2) is 0 Å². The summed E-state index contributed by atoms with van der Waals surface area (Å²) >= 11 is 14.4. The number of nitrogens with one attached hydrogen (secondary N) is 2. The molecule has 3 aromatic carbocycles. The van der Waals surface area contributed by atoms with Crippen LogP contribution < -0.4 is 15.4 Å². The normalized spacial score (nSPS) is 10.1. The average molecular weight is 462 g/mol. The highest BCUT2D eigenvalue weighted by Gasteiger charge is 2.09. The van der Waals surface area contributed by atoms with Gasteiger partial charge in [0.15, 0.2) is 0 Å². The highest BCUT2D eigenvalue weighted by atomic mass is 79.9. The number of rotatable bonds is 4. The second kappa shape index (κ2) is 8.99. The topological polar surface area (TPSA) is 50.4 Å². The highest BCUT2D eigenvalue weighted by molar-refractivity contribution is 9.10. The fourth-order valence-corrected chi connectivity index (χ4v) is 2.83. The molecule has 0 spiro atoms. The van der Waals surface area contributed by atoms with Crippen molar-refractivity contribution >= 4 is 62.2 Å². The molecule has 0 aliphatic carbocycles. The van der Waals surface area contributed by atoms with Crippen molar-refractivity contribution in [1.82, 2.24) is 0 Å². The highest BCUT2D eigenvalue weighted by Crippen LogP contribution is 2.19. The minimum absolute atomic E-state index is 0.188. The molecule has 4 nitrogen and oxygen atoms in total. The van der Waals surface area contributed by atoms with Crippen LogP contribution in [-0.4, -0.2) is 11.1 Å². The summed E-state index contributed by atoms with van der Waals surface area (Å²) in [6.07, 6.45) is 0. The molecule has 0 atom stereocenters. The van der Waals surface area contributed by atoms with E-state index < -0.39 is 0 Å². The first kappa shape index (κ1) is 19.4. The van der Waals surface area contributed by atoms with Gasteiger partial charge in [0, 0.05) is 26.4 Å². The van der Waals surface area contributed by atoms with Crippen LogP contribution in [0.3, 0.4) is 0 Å². The maximum Gasteiger partial charge on any atom is 0.266 e. The van der Waals surface area contributed by atoms with Gasteiger partial charge in [-0.15, -0.1) is 0 Å².